The Morgan fingerprint density at radius 2 is 1.68 bits per heavy atom. The molecule has 5 heteroatoms. The summed E-state index contributed by atoms with van der Waals surface area (Å²) >= 11 is 0. The molecule has 3 rings (SSSR count). The average Bonchev–Trinajstić information content (AvgIpc) is 2.46. The van der Waals surface area contributed by atoms with Crippen molar-refractivity contribution >= 4 is 11.7 Å². The number of ketones is 1. The number of hydrogen-bond acceptors (Lipinski definition) is 3. The summed E-state index contributed by atoms with van der Waals surface area (Å²) in [5.74, 6) is 0.196. The molecule has 0 bridgehead atoms. The van der Waals surface area contributed by atoms with Crippen LogP contribution in [0.5, 0.6) is 0 Å². The van der Waals surface area contributed by atoms with Crippen LogP contribution in [0, 0.1) is 11.7 Å². The van der Waals surface area contributed by atoms with Gasteiger partial charge in [-0.1, -0.05) is 6.42 Å². The van der Waals surface area contributed by atoms with Crippen molar-refractivity contribution in [2.75, 3.05) is 32.7 Å². The number of benzene rings is 1. The zero-order valence-electron chi connectivity index (χ0n) is 12.6. The van der Waals surface area contributed by atoms with Gasteiger partial charge in [-0.05, 0) is 37.1 Å². The first kappa shape index (κ1) is 15.2. The van der Waals surface area contributed by atoms with Crippen molar-refractivity contribution in [2.45, 2.75) is 19.3 Å². The van der Waals surface area contributed by atoms with Crippen molar-refractivity contribution in [3.05, 3.63) is 35.6 Å². The molecule has 1 aliphatic carbocycles. The first-order valence-corrected chi connectivity index (χ1v) is 7.93. The van der Waals surface area contributed by atoms with Gasteiger partial charge in [0.05, 0.1) is 6.54 Å². The van der Waals surface area contributed by atoms with Crippen LogP contribution in [0.25, 0.3) is 0 Å². The number of carbonyl (C=O) groups is 2. The van der Waals surface area contributed by atoms with Crippen LogP contribution in [0.4, 0.5) is 4.39 Å². The molecule has 2 aliphatic rings. The van der Waals surface area contributed by atoms with Gasteiger partial charge < -0.3 is 4.90 Å². The number of carbonyl (C=O) groups excluding carboxylic acids is 2. The number of hydrogen-bond donors (Lipinski definition) is 0. The molecule has 118 valence electrons. The minimum atomic E-state index is -0.334. The zero-order valence-corrected chi connectivity index (χ0v) is 12.6. The van der Waals surface area contributed by atoms with Crippen molar-refractivity contribution in [1.29, 1.82) is 0 Å². The third kappa shape index (κ3) is 3.35. The number of halogens is 1. The van der Waals surface area contributed by atoms with Crippen LogP contribution in [0.1, 0.15) is 29.6 Å². The Kier molecular flexibility index (Phi) is 4.52. The Hall–Kier alpha value is -1.75. The number of amides is 1. The van der Waals surface area contributed by atoms with E-state index in [0.29, 0.717) is 25.2 Å². The first-order valence-electron chi connectivity index (χ1n) is 7.93. The van der Waals surface area contributed by atoms with E-state index in [1.54, 1.807) is 0 Å². The Morgan fingerprint density at radius 3 is 2.23 bits per heavy atom. The molecule has 0 unspecified atom stereocenters. The highest BCUT2D eigenvalue weighted by atomic mass is 19.1. The summed E-state index contributed by atoms with van der Waals surface area (Å²) in [5, 5.41) is 0. The van der Waals surface area contributed by atoms with E-state index in [-0.39, 0.29) is 23.4 Å². The first-order chi connectivity index (χ1) is 10.6. The lowest BCUT2D eigenvalue weighted by Crippen LogP contribution is -2.52. The molecule has 0 spiro atoms. The summed E-state index contributed by atoms with van der Waals surface area (Å²) in [5.41, 5.74) is 0.536. The molecule has 1 aromatic rings. The van der Waals surface area contributed by atoms with E-state index >= 15 is 0 Å². The van der Waals surface area contributed by atoms with Crippen molar-refractivity contribution in [3.8, 4) is 0 Å². The van der Waals surface area contributed by atoms with Gasteiger partial charge in [-0.3, -0.25) is 14.5 Å². The van der Waals surface area contributed by atoms with E-state index in [0.717, 1.165) is 25.9 Å². The number of nitrogens with zero attached hydrogens (tertiary/aromatic N) is 2. The fraction of sp³-hybridized carbons (Fsp3) is 0.529. The largest absolute Gasteiger partial charge is 0.340 e. The Morgan fingerprint density at radius 1 is 1.05 bits per heavy atom. The van der Waals surface area contributed by atoms with E-state index < -0.39 is 0 Å². The quantitative estimate of drug-likeness (QED) is 0.798. The molecule has 4 nitrogen and oxygen atoms in total. The summed E-state index contributed by atoms with van der Waals surface area (Å²) in [7, 11) is 0. The molecular formula is C17H21FN2O2. The lowest BCUT2D eigenvalue weighted by atomic mass is 9.84. The normalized spacial score (nSPS) is 19.8. The van der Waals surface area contributed by atoms with Crippen molar-refractivity contribution in [1.82, 2.24) is 9.80 Å². The summed E-state index contributed by atoms with van der Waals surface area (Å²) in [6, 6.07) is 5.66. The maximum Gasteiger partial charge on any atom is 0.225 e. The molecule has 1 saturated heterocycles. The van der Waals surface area contributed by atoms with Crippen LogP contribution in [0.3, 0.4) is 0 Å². The Labute approximate surface area is 129 Å². The van der Waals surface area contributed by atoms with Crippen LogP contribution < -0.4 is 0 Å². The molecule has 1 amide bonds. The second kappa shape index (κ2) is 6.57. The molecule has 1 saturated carbocycles. The molecule has 1 aromatic carbocycles. The van der Waals surface area contributed by atoms with E-state index in [4.69, 9.17) is 0 Å². The fourth-order valence-electron chi connectivity index (χ4n) is 2.97. The van der Waals surface area contributed by atoms with Crippen LogP contribution in [0.2, 0.25) is 0 Å². The van der Waals surface area contributed by atoms with Gasteiger partial charge in [0.25, 0.3) is 0 Å². The zero-order chi connectivity index (χ0) is 15.5. The highest BCUT2D eigenvalue weighted by molar-refractivity contribution is 5.97. The van der Waals surface area contributed by atoms with Crippen LogP contribution in [-0.4, -0.2) is 54.2 Å². The summed E-state index contributed by atoms with van der Waals surface area (Å²) < 4.78 is 12.9. The molecule has 0 N–H and O–H groups in total. The van der Waals surface area contributed by atoms with Gasteiger partial charge in [-0.25, -0.2) is 4.39 Å². The maximum absolute atomic E-state index is 12.9. The molecule has 0 aromatic heterocycles. The topological polar surface area (TPSA) is 40.6 Å². The standard InChI is InChI=1S/C17H21FN2O2/c18-15-6-4-13(5-7-15)16(21)12-19-8-10-20(11-9-19)17(22)14-2-1-3-14/h4-7,14H,1-3,8-12H2. The maximum atomic E-state index is 12.9. The fourth-order valence-corrected chi connectivity index (χ4v) is 2.97. The summed E-state index contributed by atoms with van der Waals surface area (Å²) in [6.45, 7) is 3.19. The minimum absolute atomic E-state index is 0.00114. The predicted molar refractivity (Wildman–Crippen MR) is 81.1 cm³/mol. The molecule has 1 heterocycles. The van der Waals surface area contributed by atoms with Crippen LogP contribution in [0.15, 0.2) is 24.3 Å². The monoisotopic (exact) mass is 304 g/mol. The number of Topliss-reactive ketones (excluding diaryl/α,β-unsaturated/α-hetero) is 1. The third-order valence-electron chi connectivity index (χ3n) is 4.67. The van der Waals surface area contributed by atoms with Gasteiger partial charge in [-0.15, -0.1) is 0 Å². The number of piperazine rings is 1. The highest BCUT2D eigenvalue weighted by Crippen LogP contribution is 2.28. The SMILES string of the molecule is O=C(CN1CCN(C(=O)C2CCC2)CC1)c1ccc(F)cc1. The van der Waals surface area contributed by atoms with E-state index in [1.165, 1.54) is 30.7 Å². The molecule has 2 fully saturated rings. The third-order valence-corrected chi connectivity index (χ3v) is 4.67. The lowest BCUT2D eigenvalue weighted by molar-refractivity contribution is -0.139. The molecule has 0 radical (unpaired) electrons. The van der Waals surface area contributed by atoms with E-state index in [9.17, 15) is 14.0 Å². The summed E-state index contributed by atoms with van der Waals surface area (Å²) in [6.07, 6.45) is 3.23. The van der Waals surface area contributed by atoms with Gasteiger partial charge in [-0.2, -0.15) is 0 Å². The second-order valence-electron chi connectivity index (χ2n) is 6.16. The highest BCUT2D eigenvalue weighted by Gasteiger charge is 2.31. The van der Waals surface area contributed by atoms with Crippen LogP contribution >= 0.6 is 0 Å². The van der Waals surface area contributed by atoms with Gasteiger partial charge in [0, 0.05) is 37.7 Å². The van der Waals surface area contributed by atoms with E-state index in [2.05, 4.69) is 4.90 Å². The van der Waals surface area contributed by atoms with Crippen molar-refractivity contribution in [2.24, 2.45) is 5.92 Å². The smallest absolute Gasteiger partial charge is 0.225 e. The van der Waals surface area contributed by atoms with Gasteiger partial charge >= 0.3 is 0 Å². The van der Waals surface area contributed by atoms with Crippen LogP contribution in [-0.2, 0) is 4.79 Å². The Balaban J connectivity index is 1.48. The van der Waals surface area contributed by atoms with Gasteiger partial charge in [0.2, 0.25) is 5.91 Å². The molecular weight excluding hydrogens is 283 g/mol. The van der Waals surface area contributed by atoms with E-state index in [1.807, 2.05) is 4.90 Å². The minimum Gasteiger partial charge on any atom is -0.340 e. The molecule has 1 aliphatic heterocycles. The Bertz CT molecular complexity index is 546. The second-order valence-corrected chi connectivity index (χ2v) is 6.16. The average molecular weight is 304 g/mol. The van der Waals surface area contributed by atoms with Gasteiger partial charge in [0.15, 0.2) is 5.78 Å². The molecule has 22 heavy (non-hydrogen) atoms. The summed E-state index contributed by atoms with van der Waals surface area (Å²) in [4.78, 5) is 28.3. The van der Waals surface area contributed by atoms with Crippen molar-refractivity contribution in [3.63, 3.8) is 0 Å². The number of rotatable bonds is 4. The predicted octanol–water partition coefficient (Wildman–Crippen LogP) is 1.95. The van der Waals surface area contributed by atoms with Crippen molar-refractivity contribution < 1.29 is 14.0 Å². The van der Waals surface area contributed by atoms with Gasteiger partial charge in [0.1, 0.15) is 5.82 Å². The molecule has 0 atom stereocenters. The lowest BCUT2D eigenvalue weighted by Gasteiger charge is -2.38.